The summed E-state index contributed by atoms with van der Waals surface area (Å²) in [5.41, 5.74) is 1.62. The van der Waals surface area contributed by atoms with E-state index in [1.54, 1.807) is 17.5 Å². The minimum absolute atomic E-state index is 0.0152. The first-order valence-electron chi connectivity index (χ1n) is 6.34. The van der Waals surface area contributed by atoms with Crippen molar-refractivity contribution in [3.8, 4) is 0 Å². The summed E-state index contributed by atoms with van der Waals surface area (Å²) in [4.78, 5) is 12.3. The van der Waals surface area contributed by atoms with Crippen LogP contribution in [-0.2, 0) is 13.2 Å². The summed E-state index contributed by atoms with van der Waals surface area (Å²) in [5, 5.41) is 11.3. The van der Waals surface area contributed by atoms with Crippen molar-refractivity contribution in [3.63, 3.8) is 0 Å². The molecule has 0 spiro atoms. The van der Waals surface area contributed by atoms with E-state index in [1.807, 2.05) is 6.92 Å². The Bertz CT molecular complexity index is 525. The second kappa shape index (κ2) is 6.12. The van der Waals surface area contributed by atoms with Crippen molar-refractivity contribution in [2.24, 2.45) is 0 Å². The predicted molar refractivity (Wildman–Crippen MR) is 78.3 cm³/mol. The molecule has 0 radical (unpaired) electrons. The molecule has 2 rings (SSSR count). The van der Waals surface area contributed by atoms with Crippen molar-refractivity contribution in [2.75, 3.05) is 4.90 Å². The highest BCUT2D eigenvalue weighted by Crippen LogP contribution is 2.19. The van der Waals surface area contributed by atoms with Crippen LogP contribution in [0.1, 0.15) is 30.0 Å². The SMILES string of the molecule is Cc1nc(N(Cc2cccs2)C(C)C)ncc1CO. The second-order valence-corrected chi connectivity index (χ2v) is 5.77. The predicted octanol–water partition coefficient (Wildman–Crippen LogP) is 2.75. The lowest BCUT2D eigenvalue weighted by Gasteiger charge is -2.26. The zero-order valence-electron chi connectivity index (χ0n) is 11.5. The molecule has 2 aromatic heterocycles. The average Bonchev–Trinajstić information content (AvgIpc) is 2.88. The van der Waals surface area contributed by atoms with Gasteiger partial charge < -0.3 is 10.0 Å². The van der Waals surface area contributed by atoms with Gasteiger partial charge in [0, 0.05) is 28.4 Å². The summed E-state index contributed by atoms with van der Waals surface area (Å²) >= 11 is 1.74. The standard InChI is InChI=1S/C14H19N3OS/c1-10(2)17(8-13-5-4-6-19-13)14-15-7-12(9-18)11(3)16-14/h4-7,10,18H,8-9H2,1-3H3. The minimum atomic E-state index is -0.0152. The van der Waals surface area contributed by atoms with Gasteiger partial charge in [-0.1, -0.05) is 6.07 Å². The molecule has 102 valence electrons. The number of aryl methyl sites for hydroxylation is 1. The number of rotatable bonds is 5. The second-order valence-electron chi connectivity index (χ2n) is 4.74. The maximum absolute atomic E-state index is 9.17. The van der Waals surface area contributed by atoms with E-state index in [0.717, 1.165) is 23.8 Å². The molecule has 1 N–H and O–H groups in total. The number of aromatic nitrogens is 2. The molecule has 4 nitrogen and oxygen atoms in total. The molecular weight excluding hydrogens is 258 g/mol. The molecular formula is C14H19N3OS. The molecule has 0 aromatic carbocycles. The van der Waals surface area contributed by atoms with Gasteiger partial charge in [0.05, 0.1) is 13.2 Å². The summed E-state index contributed by atoms with van der Waals surface area (Å²) < 4.78 is 0. The Morgan fingerprint density at radius 1 is 1.42 bits per heavy atom. The van der Waals surface area contributed by atoms with E-state index in [0.29, 0.717) is 6.04 Å². The van der Waals surface area contributed by atoms with Gasteiger partial charge in [-0.2, -0.15) is 0 Å². The highest BCUT2D eigenvalue weighted by Gasteiger charge is 2.15. The number of hydrogen-bond acceptors (Lipinski definition) is 5. The van der Waals surface area contributed by atoms with Gasteiger partial charge in [0.25, 0.3) is 0 Å². The third-order valence-electron chi connectivity index (χ3n) is 3.03. The molecule has 2 heterocycles. The number of thiophene rings is 1. The average molecular weight is 277 g/mol. The van der Waals surface area contributed by atoms with Crippen molar-refractivity contribution >= 4 is 17.3 Å². The monoisotopic (exact) mass is 277 g/mol. The van der Waals surface area contributed by atoms with Gasteiger partial charge in [-0.15, -0.1) is 11.3 Å². The van der Waals surface area contributed by atoms with Crippen LogP contribution >= 0.6 is 11.3 Å². The molecule has 0 fully saturated rings. The molecule has 0 aliphatic heterocycles. The normalized spacial score (nSPS) is 11.0. The van der Waals surface area contributed by atoms with Gasteiger partial charge in [-0.25, -0.2) is 9.97 Å². The maximum atomic E-state index is 9.17. The van der Waals surface area contributed by atoms with E-state index >= 15 is 0 Å². The molecule has 0 saturated carbocycles. The van der Waals surface area contributed by atoms with Crippen LogP contribution in [0.2, 0.25) is 0 Å². The van der Waals surface area contributed by atoms with Crippen molar-refractivity contribution in [1.82, 2.24) is 9.97 Å². The first-order chi connectivity index (χ1) is 9.11. The van der Waals surface area contributed by atoms with E-state index < -0.39 is 0 Å². The van der Waals surface area contributed by atoms with Crippen molar-refractivity contribution in [3.05, 3.63) is 39.8 Å². The van der Waals surface area contributed by atoms with Crippen LogP contribution in [0.3, 0.4) is 0 Å². The quantitative estimate of drug-likeness (QED) is 0.913. The van der Waals surface area contributed by atoms with E-state index in [9.17, 15) is 5.11 Å². The lowest BCUT2D eigenvalue weighted by atomic mass is 10.2. The van der Waals surface area contributed by atoms with Gasteiger partial charge in [0.15, 0.2) is 0 Å². The highest BCUT2D eigenvalue weighted by atomic mass is 32.1. The first kappa shape index (κ1) is 14.0. The van der Waals surface area contributed by atoms with E-state index in [4.69, 9.17) is 0 Å². The van der Waals surface area contributed by atoms with Gasteiger partial charge in [0.1, 0.15) is 0 Å². The van der Waals surface area contributed by atoms with Crippen LogP contribution in [0.4, 0.5) is 5.95 Å². The fourth-order valence-corrected chi connectivity index (χ4v) is 2.53. The Morgan fingerprint density at radius 3 is 2.74 bits per heavy atom. The number of nitrogens with zero attached hydrogens (tertiary/aromatic N) is 3. The minimum Gasteiger partial charge on any atom is -0.392 e. The molecule has 0 bridgehead atoms. The Kier molecular flexibility index (Phi) is 4.50. The molecule has 2 aromatic rings. The third-order valence-corrected chi connectivity index (χ3v) is 3.89. The number of anilines is 1. The van der Waals surface area contributed by atoms with Crippen LogP contribution < -0.4 is 4.90 Å². The van der Waals surface area contributed by atoms with E-state index in [2.05, 4.69) is 46.2 Å². The lowest BCUT2D eigenvalue weighted by molar-refractivity contribution is 0.280. The lowest BCUT2D eigenvalue weighted by Crippen LogP contribution is -2.31. The topological polar surface area (TPSA) is 49.2 Å². The number of hydrogen-bond donors (Lipinski definition) is 1. The van der Waals surface area contributed by atoms with E-state index in [1.165, 1.54) is 4.88 Å². The zero-order chi connectivity index (χ0) is 13.8. The molecule has 5 heteroatoms. The summed E-state index contributed by atoms with van der Waals surface area (Å²) in [6, 6.07) is 4.50. The molecule has 0 aliphatic carbocycles. The van der Waals surface area contributed by atoms with Gasteiger partial charge in [-0.3, -0.25) is 0 Å². The largest absolute Gasteiger partial charge is 0.392 e. The Morgan fingerprint density at radius 2 is 2.21 bits per heavy atom. The molecule has 0 atom stereocenters. The zero-order valence-corrected chi connectivity index (χ0v) is 12.3. The van der Waals surface area contributed by atoms with Gasteiger partial charge in [0.2, 0.25) is 5.95 Å². The molecule has 19 heavy (non-hydrogen) atoms. The third kappa shape index (κ3) is 3.30. The summed E-state index contributed by atoms with van der Waals surface area (Å²) in [6.45, 7) is 6.96. The number of aliphatic hydroxyl groups is 1. The Hall–Kier alpha value is -1.46. The van der Waals surface area contributed by atoms with E-state index in [-0.39, 0.29) is 6.61 Å². The van der Waals surface area contributed by atoms with Gasteiger partial charge in [-0.05, 0) is 32.2 Å². The smallest absolute Gasteiger partial charge is 0.226 e. The molecule has 0 amide bonds. The van der Waals surface area contributed by atoms with Crippen LogP contribution in [-0.4, -0.2) is 21.1 Å². The fraction of sp³-hybridized carbons (Fsp3) is 0.429. The van der Waals surface area contributed by atoms with Gasteiger partial charge >= 0.3 is 0 Å². The summed E-state index contributed by atoms with van der Waals surface area (Å²) in [5.74, 6) is 0.720. The van der Waals surface area contributed by atoms with Crippen molar-refractivity contribution in [2.45, 2.75) is 40.0 Å². The summed E-state index contributed by atoms with van der Waals surface area (Å²) in [6.07, 6.45) is 1.71. The van der Waals surface area contributed by atoms with Crippen molar-refractivity contribution < 1.29 is 5.11 Å². The highest BCUT2D eigenvalue weighted by molar-refractivity contribution is 7.09. The van der Waals surface area contributed by atoms with Crippen LogP contribution in [0.5, 0.6) is 0 Å². The van der Waals surface area contributed by atoms with Crippen LogP contribution in [0.25, 0.3) is 0 Å². The first-order valence-corrected chi connectivity index (χ1v) is 7.22. The fourth-order valence-electron chi connectivity index (χ4n) is 1.83. The molecule has 0 aliphatic rings. The number of aliphatic hydroxyl groups excluding tert-OH is 1. The Labute approximate surface area is 117 Å². The molecule has 0 unspecified atom stereocenters. The maximum Gasteiger partial charge on any atom is 0.226 e. The Balaban J connectivity index is 2.26. The molecule has 0 saturated heterocycles. The van der Waals surface area contributed by atoms with Crippen LogP contribution in [0.15, 0.2) is 23.7 Å². The summed E-state index contributed by atoms with van der Waals surface area (Å²) in [7, 11) is 0. The van der Waals surface area contributed by atoms with Crippen LogP contribution in [0, 0.1) is 6.92 Å². The van der Waals surface area contributed by atoms with Crippen molar-refractivity contribution in [1.29, 1.82) is 0 Å².